The zero-order valence-electron chi connectivity index (χ0n) is 14.7. The number of carboxylic acid groups (broad SMARTS) is 1. The van der Waals surface area contributed by atoms with E-state index < -0.39 is 11.6 Å². The van der Waals surface area contributed by atoms with Gasteiger partial charge >= 0.3 is 5.97 Å². The molecule has 1 saturated carbocycles. The van der Waals surface area contributed by atoms with Crippen LogP contribution >= 0.6 is 0 Å². The Hall–Kier alpha value is -1.61. The number of hydrogen-bond acceptors (Lipinski definition) is 2. The van der Waals surface area contributed by atoms with Gasteiger partial charge in [-0.3, -0.25) is 0 Å². The number of allylic oxidation sites excluding steroid dienone is 1. The van der Waals surface area contributed by atoms with Crippen LogP contribution in [0.1, 0.15) is 80.3 Å². The van der Waals surface area contributed by atoms with Gasteiger partial charge in [0.2, 0.25) is 0 Å². The van der Waals surface area contributed by atoms with E-state index in [0.717, 1.165) is 50.5 Å². The molecule has 0 amide bonds. The van der Waals surface area contributed by atoms with Crippen molar-refractivity contribution in [3.63, 3.8) is 0 Å². The Balaban J connectivity index is 2.04. The van der Waals surface area contributed by atoms with Crippen LogP contribution in [-0.2, 0) is 5.41 Å². The predicted molar refractivity (Wildman–Crippen MR) is 96.2 cm³/mol. The second kappa shape index (κ2) is 6.36. The van der Waals surface area contributed by atoms with Crippen molar-refractivity contribution < 1.29 is 15.0 Å². The molecule has 3 heteroatoms. The molecule has 0 bridgehead atoms. The average molecular weight is 328 g/mol. The van der Waals surface area contributed by atoms with E-state index in [1.54, 1.807) is 12.1 Å². The molecule has 0 heterocycles. The molecule has 1 fully saturated rings. The van der Waals surface area contributed by atoms with Crippen molar-refractivity contribution in [2.75, 3.05) is 0 Å². The fourth-order valence-corrected chi connectivity index (χ4v) is 5.07. The molecular weight excluding hydrogens is 300 g/mol. The molecule has 2 N–H and O–H groups in total. The first kappa shape index (κ1) is 17.2. The fourth-order valence-electron chi connectivity index (χ4n) is 5.07. The van der Waals surface area contributed by atoms with Crippen molar-refractivity contribution in [2.24, 2.45) is 5.92 Å². The van der Waals surface area contributed by atoms with Crippen molar-refractivity contribution in [3.05, 3.63) is 41.0 Å². The third-order valence-corrected chi connectivity index (χ3v) is 6.34. The van der Waals surface area contributed by atoms with Crippen molar-refractivity contribution >= 4 is 12.0 Å². The summed E-state index contributed by atoms with van der Waals surface area (Å²) >= 11 is 0. The van der Waals surface area contributed by atoms with Gasteiger partial charge in [-0.15, -0.1) is 0 Å². The van der Waals surface area contributed by atoms with E-state index in [9.17, 15) is 15.0 Å². The molecule has 3 nitrogen and oxygen atoms in total. The average Bonchev–Trinajstić information content (AvgIpc) is 2.70. The molecule has 2 aliphatic rings. The number of rotatable bonds is 4. The van der Waals surface area contributed by atoms with Gasteiger partial charge < -0.3 is 10.2 Å². The summed E-state index contributed by atoms with van der Waals surface area (Å²) < 4.78 is 0. The topological polar surface area (TPSA) is 57.5 Å². The maximum atomic E-state index is 11.3. The van der Waals surface area contributed by atoms with Gasteiger partial charge in [0.15, 0.2) is 0 Å². The summed E-state index contributed by atoms with van der Waals surface area (Å²) in [6.45, 7) is 4.37. The SMILES string of the molecule is CCC[C@@]1(O)CC[C@@]2(CC)c3ccc(C(=O)O)cc3C=CC[C@H]2C1. The number of carbonyl (C=O) groups is 1. The highest BCUT2D eigenvalue weighted by Crippen LogP contribution is 2.53. The van der Waals surface area contributed by atoms with Gasteiger partial charge in [0.1, 0.15) is 0 Å². The second-order valence-corrected chi connectivity index (χ2v) is 7.63. The molecule has 1 aromatic carbocycles. The molecule has 1 aromatic rings. The molecule has 0 aliphatic heterocycles. The highest BCUT2D eigenvalue weighted by molar-refractivity contribution is 5.88. The number of aliphatic hydroxyl groups is 1. The lowest BCUT2D eigenvalue weighted by Crippen LogP contribution is -2.47. The van der Waals surface area contributed by atoms with Crippen LogP contribution in [0.5, 0.6) is 0 Å². The van der Waals surface area contributed by atoms with Gasteiger partial charge in [0.05, 0.1) is 11.2 Å². The molecule has 0 unspecified atom stereocenters. The van der Waals surface area contributed by atoms with Crippen LogP contribution in [0.15, 0.2) is 24.3 Å². The van der Waals surface area contributed by atoms with E-state index in [0.29, 0.717) is 11.5 Å². The summed E-state index contributed by atoms with van der Waals surface area (Å²) in [5, 5.41) is 20.3. The largest absolute Gasteiger partial charge is 0.478 e. The molecule has 0 radical (unpaired) electrons. The number of benzene rings is 1. The lowest BCUT2D eigenvalue weighted by atomic mass is 9.56. The smallest absolute Gasteiger partial charge is 0.335 e. The van der Waals surface area contributed by atoms with Crippen LogP contribution in [0.2, 0.25) is 0 Å². The van der Waals surface area contributed by atoms with Crippen LogP contribution in [0.4, 0.5) is 0 Å². The predicted octanol–water partition coefficient (Wildman–Crippen LogP) is 4.78. The van der Waals surface area contributed by atoms with E-state index in [4.69, 9.17) is 0 Å². The van der Waals surface area contributed by atoms with Crippen LogP contribution < -0.4 is 0 Å². The Morgan fingerprint density at radius 1 is 1.29 bits per heavy atom. The number of carboxylic acids is 1. The Morgan fingerprint density at radius 2 is 2.08 bits per heavy atom. The minimum Gasteiger partial charge on any atom is -0.478 e. The molecule has 0 saturated heterocycles. The highest BCUT2D eigenvalue weighted by Gasteiger charge is 2.48. The van der Waals surface area contributed by atoms with Crippen LogP contribution in [0, 0.1) is 5.92 Å². The Bertz CT molecular complexity index is 663. The van der Waals surface area contributed by atoms with Gasteiger partial charge in [-0.25, -0.2) is 4.79 Å². The highest BCUT2D eigenvalue weighted by atomic mass is 16.4. The number of hydrogen-bond donors (Lipinski definition) is 2. The van der Waals surface area contributed by atoms with Gasteiger partial charge in [-0.1, -0.05) is 38.5 Å². The van der Waals surface area contributed by atoms with E-state index in [2.05, 4.69) is 26.0 Å². The Labute approximate surface area is 144 Å². The van der Waals surface area contributed by atoms with E-state index in [-0.39, 0.29) is 5.41 Å². The molecule has 0 aromatic heterocycles. The maximum Gasteiger partial charge on any atom is 0.335 e. The zero-order valence-corrected chi connectivity index (χ0v) is 14.7. The van der Waals surface area contributed by atoms with Gasteiger partial charge in [0, 0.05) is 0 Å². The first-order chi connectivity index (χ1) is 11.4. The normalized spacial score (nSPS) is 31.9. The minimum atomic E-state index is -0.876. The summed E-state index contributed by atoms with van der Waals surface area (Å²) in [5.74, 6) is -0.459. The third kappa shape index (κ3) is 2.79. The lowest BCUT2D eigenvalue weighted by Gasteiger charge is -2.50. The summed E-state index contributed by atoms with van der Waals surface area (Å²) in [6.07, 6.45) is 10.8. The Kier molecular flexibility index (Phi) is 4.56. The molecule has 0 spiro atoms. The van der Waals surface area contributed by atoms with E-state index >= 15 is 0 Å². The Morgan fingerprint density at radius 3 is 2.75 bits per heavy atom. The molecular formula is C21H28O3. The lowest BCUT2D eigenvalue weighted by molar-refractivity contribution is -0.0520. The quantitative estimate of drug-likeness (QED) is 0.836. The van der Waals surface area contributed by atoms with Crippen molar-refractivity contribution in [1.29, 1.82) is 0 Å². The molecule has 3 atom stereocenters. The monoisotopic (exact) mass is 328 g/mol. The van der Waals surface area contributed by atoms with Crippen molar-refractivity contribution in [3.8, 4) is 0 Å². The molecule has 2 aliphatic carbocycles. The molecule has 24 heavy (non-hydrogen) atoms. The van der Waals surface area contributed by atoms with Crippen LogP contribution in [0.3, 0.4) is 0 Å². The third-order valence-electron chi connectivity index (χ3n) is 6.34. The molecule has 3 rings (SSSR count). The number of aromatic carboxylic acids is 1. The standard InChI is InChI=1S/C21H28O3/c1-3-10-20(24)11-12-21(4-2)17(14-20)7-5-6-15-13-16(19(22)23)8-9-18(15)21/h5-6,8-9,13,17,24H,3-4,7,10-12,14H2,1-2H3,(H,22,23)/t17-,20+,21+/m0/s1. The van der Waals surface area contributed by atoms with Gasteiger partial charge in [-0.05, 0) is 73.1 Å². The van der Waals surface area contributed by atoms with Gasteiger partial charge in [-0.2, -0.15) is 0 Å². The van der Waals surface area contributed by atoms with Crippen molar-refractivity contribution in [1.82, 2.24) is 0 Å². The fraction of sp³-hybridized carbons (Fsp3) is 0.571. The second-order valence-electron chi connectivity index (χ2n) is 7.63. The zero-order chi connectivity index (χ0) is 17.4. The first-order valence-electron chi connectivity index (χ1n) is 9.21. The summed E-state index contributed by atoms with van der Waals surface area (Å²) in [7, 11) is 0. The summed E-state index contributed by atoms with van der Waals surface area (Å²) in [5.41, 5.74) is 2.18. The molecule has 130 valence electrons. The van der Waals surface area contributed by atoms with Gasteiger partial charge in [0.25, 0.3) is 0 Å². The number of fused-ring (bicyclic) bond motifs is 3. The maximum absolute atomic E-state index is 11.3. The van der Waals surface area contributed by atoms with Crippen molar-refractivity contribution in [2.45, 2.75) is 69.8 Å². The summed E-state index contributed by atoms with van der Waals surface area (Å²) in [6, 6.07) is 5.57. The van der Waals surface area contributed by atoms with E-state index in [1.807, 2.05) is 6.07 Å². The first-order valence-corrected chi connectivity index (χ1v) is 9.21. The summed E-state index contributed by atoms with van der Waals surface area (Å²) in [4.78, 5) is 11.3. The van der Waals surface area contributed by atoms with E-state index in [1.165, 1.54) is 5.56 Å². The van der Waals surface area contributed by atoms with Crippen LogP contribution in [0.25, 0.3) is 6.08 Å². The minimum absolute atomic E-state index is 0.0514. The van der Waals surface area contributed by atoms with Crippen LogP contribution in [-0.4, -0.2) is 21.8 Å².